The largest absolute Gasteiger partial charge is 0.334 e. The van der Waals surface area contributed by atoms with Crippen LogP contribution < -0.4 is 5.73 Å². The zero-order valence-electron chi connectivity index (χ0n) is 8.69. The van der Waals surface area contributed by atoms with Gasteiger partial charge < -0.3 is 10.3 Å². The van der Waals surface area contributed by atoms with E-state index in [2.05, 4.69) is 21.4 Å². The van der Waals surface area contributed by atoms with Crippen LogP contribution in [0.3, 0.4) is 0 Å². The normalized spacial score (nSPS) is 23.1. The summed E-state index contributed by atoms with van der Waals surface area (Å²) in [5.41, 5.74) is 7.15. The van der Waals surface area contributed by atoms with Gasteiger partial charge in [-0.05, 0) is 13.3 Å². The minimum Gasteiger partial charge on any atom is -0.334 e. The van der Waals surface area contributed by atoms with E-state index in [1.54, 1.807) is 0 Å². The van der Waals surface area contributed by atoms with Crippen LogP contribution in [0.15, 0.2) is 12.5 Å². The van der Waals surface area contributed by atoms with Crippen LogP contribution >= 0.6 is 0 Å². The number of aryl methyl sites for hydroxylation is 1. The van der Waals surface area contributed by atoms with Crippen LogP contribution in [0.2, 0.25) is 0 Å². The number of nitrogens with zero attached hydrogens (tertiary/aromatic N) is 3. The molecular weight excluding hydrogens is 176 g/mol. The summed E-state index contributed by atoms with van der Waals surface area (Å²) in [5.74, 6) is 0. The van der Waals surface area contributed by atoms with Gasteiger partial charge in [0.15, 0.2) is 0 Å². The molecule has 0 aliphatic carbocycles. The van der Waals surface area contributed by atoms with Crippen LogP contribution in [-0.4, -0.2) is 33.6 Å². The Morgan fingerprint density at radius 2 is 2.50 bits per heavy atom. The van der Waals surface area contributed by atoms with Crippen LogP contribution in [0, 0.1) is 0 Å². The Balaban J connectivity index is 1.97. The van der Waals surface area contributed by atoms with E-state index in [9.17, 15) is 0 Å². The van der Waals surface area contributed by atoms with Crippen LogP contribution in [0.5, 0.6) is 0 Å². The van der Waals surface area contributed by atoms with E-state index >= 15 is 0 Å². The van der Waals surface area contributed by atoms with E-state index in [1.165, 1.54) is 5.69 Å². The molecule has 78 valence electrons. The maximum absolute atomic E-state index is 5.86. The summed E-state index contributed by atoms with van der Waals surface area (Å²) in [5, 5.41) is 0. The van der Waals surface area contributed by atoms with Crippen LogP contribution in [0.1, 0.15) is 19.0 Å². The number of hydrogen-bond donors (Lipinski definition) is 1. The quantitative estimate of drug-likeness (QED) is 0.759. The third kappa shape index (κ3) is 1.96. The Morgan fingerprint density at radius 3 is 3.14 bits per heavy atom. The summed E-state index contributed by atoms with van der Waals surface area (Å²) < 4.78 is 2.18. The zero-order chi connectivity index (χ0) is 9.97. The van der Waals surface area contributed by atoms with E-state index in [4.69, 9.17) is 5.73 Å². The molecular formula is C10H18N4. The first-order valence-electron chi connectivity index (χ1n) is 5.26. The maximum atomic E-state index is 5.86. The van der Waals surface area contributed by atoms with Gasteiger partial charge in [0, 0.05) is 38.4 Å². The van der Waals surface area contributed by atoms with Gasteiger partial charge >= 0.3 is 0 Å². The number of nitrogens with two attached hydrogens (primary N) is 1. The fourth-order valence-corrected chi connectivity index (χ4v) is 2.00. The van der Waals surface area contributed by atoms with Gasteiger partial charge in [-0.15, -0.1) is 0 Å². The van der Waals surface area contributed by atoms with Gasteiger partial charge in [-0.2, -0.15) is 0 Å². The van der Waals surface area contributed by atoms with Crippen LogP contribution in [-0.2, 0) is 13.1 Å². The second-order valence-corrected chi connectivity index (χ2v) is 3.95. The summed E-state index contributed by atoms with van der Waals surface area (Å²) >= 11 is 0. The molecule has 1 aliphatic heterocycles. The fourth-order valence-electron chi connectivity index (χ4n) is 2.00. The van der Waals surface area contributed by atoms with Gasteiger partial charge in [0.2, 0.25) is 0 Å². The van der Waals surface area contributed by atoms with E-state index in [0.717, 1.165) is 32.6 Å². The van der Waals surface area contributed by atoms with E-state index in [-0.39, 0.29) is 0 Å². The molecule has 0 saturated carbocycles. The molecule has 0 spiro atoms. The molecule has 2 heterocycles. The smallest absolute Gasteiger partial charge is 0.0948 e. The van der Waals surface area contributed by atoms with Crippen molar-refractivity contribution in [2.75, 3.05) is 13.1 Å². The highest BCUT2D eigenvalue weighted by atomic mass is 15.2. The summed E-state index contributed by atoms with van der Waals surface area (Å²) in [4.78, 5) is 6.56. The fraction of sp³-hybridized carbons (Fsp3) is 0.700. The molecule has 14 heavy (non-hydrogen) atoms. The highest BCUT2D eigenvalue weighted by Gasteiger charge is 2.19. The minimum atomic E-state index is 0.369. The van der Waals surface area contributed by atoms with Gasteiger partial charge in [-0.1, -0.05) is 0 Å². The van der Waals surface area contributed by atoms with Crippen molar-refractivity contribution in [2.24, 2.45) is 5.73 Å². The first-order valence-corrected chi connectivity index (χ1v) is 5.26. The minimum absolute atomic E-state index is 0.369. The second-order valence-electron chi connectivity index (χ2n) is 3.95. The molecule has 4 heteroatoms. The molecule has 2 rings (SSSR count). The molecule has 0 radical (unpaired) electrons. The Bertz CT molecular complexity index is 294. The zero-order valence-corrected chi connectivity index (χ0v) is 8.69. The molecule has 4 nitrogen and oxygen atoms in total. The van der Waals surface area contributed by atoms with E-state index < -0.39 is 0 Å². The van der Waals surface area contributed by atoms with Crippen molar-refractivity contribution < 1.29 is 0 Å². The average molecular weight is 194 g/mol. The Labute approximate surface area is 84.7 Å². The molecule has 0 aromatic carbocycles. The van der Waals surface area contributed by atoms with Gasteiger partial charge in [0.05, 0.1) is 12.0 Å². The molecule has 1 fully saturated rings. The van der Waals surface area contributed by atoms with Gasteiger partial charge in [-0.25, -0.2) is 4.98 Å². The number of aromatic nitrogens is 2. The topological polar surface area (TPSA) is 47.1 Å². The van der Waals surface area contributed by atoms with Crippen molar-refractivity contribution in [3.8, 4) is 0 Å². The second kappa shape index (κ2) is 4.11. The van der Waals surface area contributed by atoms with Crippen LogP contribution in [0.4, 0.5) is 0 Å². The molecule has 1 saturated heterocycles. The van der Waals surface area contributed by atoms with Gasteiger partial charge in [0.25, 0.3) is 0 Å². The van der Waals surface area contributed by atoms with Crippen molar-refractivity contribution in [1.29, 1.82) is 0 Å². The first kappa shape index (κ1) is 9.68. The summed E-state index contributed by atoms with van der Waals surface area (Å²) in [6.07, 6.45) is 4.97. The predicted molar refractivity (Wildman–Crippen MR) is 55.8 cm³/mol. The highest BCUT2D eigenvalue weighted by Crippen LogP contribution is 2.11. The number of likely N-dealkylation sites (tertiary alicyclic amines) is 1. The number of hydrogen-bond acceptors (Lipinski definition) is 3. The molecule has 1 aromatic heterocycles. The number of rotatable bonds is 3. The molecule has 1 aliphatic rings. The lowest BCUT2D eigenvalue weighted by Crippen LogP contribution is -2.26. The molecule has 1 unspecified atom stereocenters. The molecule has 1 atom stereocenters. The van der Waals surface area contributed by atoms with Crippen molar-refractivity contribution in [3.63, 3.8) is 0 Å². The Hall–Kier alpha value is -0.870. The Morgan fingerprint density at radius 1 is 1.64 bits per heavy atom. The highest BCUT2D eigenvalue weighted by molar-refractivity contribution is 4.99. The lowest BCUT2D eigenvalue weighted by molar-refractivity contribution is 0.317. The third-order valence-corrected chi connectivity index (χ3v) is 2.83. The van der Waals surface area contributed by atoms with Gasteiger partial charge in [0.1, 0.15) is 0 Å². The molecule has 0 bridgehead atoms. The van der Waals surface area contributed by atoms with E-state index in [1.807, 2.05) is 12.5 Å². The van der Waals surface area contributed by atoms with Crippen LogP contribution in [0.25, 0.3) is 0 Å². The number of imidazole rings is 1. The van der Waals surface area contributed by atoms with Crippen molar-refractivity contribution >= 4 is 0 Å². The predicted octanol–water partition coefficient (Wildman–Crippen LogP) is 0.436. The first-order chi connectivity index (χ1) is 6.79. The molecule has 0 amide bonds. The SMILES string of the molecule is CCn1cncc1CN1CCC(N)C1. The average Bonchev–Trinajstić information content (AvgIpc) is 2.76. The standard InChI is InChI=1S/C10H18N4/c1-2-14-8-12-5-10(14)7-13-4-3-9(11)6-13/h5,8-9H,2-4,6-7,11H2,1H3. The maximum Gasteiger partial charge on any atom is 0.0948 e. The Kier molecular flexibility index (Phi) is 2.84. The van der Waals surface area contributed by atoms with Gasteiger partial charge in [-0.3, -0.25) is 4.90 Å². The molecule has 2 N–H and O–H groups in total. The monoisotopic (exact) mass is 194 g/mol. The van der Waals surface area contributed by atoms with E-state index in [0.29, 0.717) is 6.04 Å². The van der Waals surface area contributed by atoms with Crippen molar-refractivity contribution in [1.82, 2.24) is 14.5 Å². The lowest BCUT2D eigenvalue weighted by Gasteiger charge is -2.15. The third-order valence-electron chi connectivity index (χ3n) is 2.83. The summed E-state index contributed by atoms with van der Waals surface area (Å²) in [7, 11) is 0. The summed E-state index contributed by atoms with van der Waals surface area (Å²) in [6.45, 7) is 6.27. The summed E-state index contributed by atoms with van der Waals surface area (Å²) in [6, 6.07) is 0.369. The van der Waals surface area contributed by atoms with Crippen molar-refractivity contribution in [3.05, 3.63) is 18.2 Å². The molecule has 1 aromatic rings. The van der Waals surface area contributed by atoms with Crippen molar-refractivity contribution in [2.45, 2.75) is 32.5 Å². The lowest BCUT2D eigenvalue weighted by atomic mass is 10.3.